The zero-order chi connectivity index (χ0) is 12.7. The van der Waals surface area contributed by atoms with Gasteiger partial charge in [-0.25, -0.2) is 0 Å². The molecule has 1 amide bonds. The molecule has 94 valence electrons. The van der Waals surface area contributed by atoms with Gasteiger partial charge in [-0.1, -0.05) is 15.9 Å². The van der Waals surface area contributed by atoms with Crippen molar-refractivity contribution < 1.29 is 14.6 Å². The van der Waals surface area contributed by atoms with Crippen molar-refractivity contribution in [1.82, 2.24) is 0 Å². The topological polar surface area (TPSA) is 58.6 Å². The molecule has 0 aliphatic rings. The quantitative estimate of drug-likeness (QED) is 0.793. The Kier molecular flexibility index (Phi) is 6.00. The molecule has 0 radical (unpaired) electrons. The molecule has 0 unspecified atom stereocenters. The minimum atomic E-state index is -0.114. The third-order valence-electron chi connectivity index (χ3n) is 2.14. The van der Waals surface area contributed by atoms with Crippen LogP contribution in [0.25, 0.3) is 0 Å². The molecule has 0 saturated carbocycles. The van der Waals surface area contributed by atoms with Gasteiger partial charge in [0, 0.05) is 23.0 Å². The second-order valence-corrected chi connectivity index (χ2v) is 4.19. The van der Waals surface area contributed by atoms with Gasteiger partial charge in [-0.05, 0) is 25.1 Å². The molecule has 0 spiro atoms. The highest BCUT2D eigenvalue weighted by atomic mass is 79.9. The predicted octanol–water partition coefficient (Wildman–Crippen LogP) is 2.30. The van der Waals surface area contributed by atoms with Crippen LogP contribution < -0.4 is 10.1 Å². The molecule has 0 aliphatic carbocycles. The number of alkyl halides is 1. The monoisotopic (exact) mass is 301 g/mol. The molecule has 0 atom stereocenters. The van der Waals surface area contributed by atoms with Crippen LogP contribution >= 0.6 is 15.9 Å². The number of nitrogens with one attached hydrogen (secondary N) is 1. The average molecular weight is 302 g/mol. The van der Waals surface area contributed by atoms with E-state index >= 15 is 0 Å². The molecule has 1 rings (SSSR count). The van der Waals surface area contributed by atoms with Crippen molar-refractivity contribution in [3.63, 3.8) is 0 Å². The normalized spacial score (nSPS) is 10.1. The number of carbonyl (C=O) groups is 1. The highest BCUT2D eigenvalue weighted by Crippen LogP contribution is 2.23. The van der Waals surface area contributed by atoms with E-state index in [2.05, 4.69) is 21.2 Å². The van der Waals surface area contributed by atoms with Gasteiger partial charge in [-0.2, -0.15) is 0 Å². The number of anilines is 1. The van der Waals surface area contributed by atoms with Crippen LogP contribution in [-0.2, 0) is 11.4 Å². The van der Waals surface area contributed by atoms with Gasteiger partial charge in [-0.15, -0.1) is 0 Å². The summed E-state index contributed by atoms with van der Waals surface area (Å²) in [4.78, 5) is 11.4. The number of hydrogen-bond acceptors (Lipinski definition) is 3. The Balaban J connectivity index is 2.78. The number of benzene rings is 1. The first-order chi connectivity index (χ1) is 8.21. The lowest BCUT2D eigenvalue weighted by molar-refractivity contribution is -0.115. The van der Waals surface area contributed by atoms with Gasteiger partial charge in [0.15, 0.2) is 0 Å². The Labute approximate surface area is 109 Å². The summed E-state index contributed by atoms with van der Waals surface area (Å²) in [7, 11) is 0. The molecule has 1 aromatic rings. The summed E-state index contributed by atoms with van der Waals surface area (Å²) >= 11 is 3.20. The number of halogens is 1. The summed E-state index contributed by atoms with van der Waals surface area (Å²) < 4.78 is 5.36. The maximum absolute atomic E-state index is 11.4. The lowest BCUT2D eigenvalue weighted by atomic mass is 10.2. The molecule has 0 heterocycles. The fourth-order valence-electron chi connectivity index (χ4n) is 1.39. The van der Waals surface area contributed by atoms with Crippen LogP contribution in [0.2, 0.25) is 0 Å². The molecule has 4 nitrogen and oxygen atoms in total. The molecule has 0 bridgehead atoms. The van der Waals surface area contributed by atoms with E-state index in [1.165, 1.54) is 0 Å². The van der Waals surface area contributed by atoms with Crippen LogP contribution in [-0.4, -0.2) is 23.0 Å². The highest BCUT2D eigenvalue weighted by molar-refractivity contribution is 9.09. The van der Waals surface area contributed by atoms with E-state index in [1.807, 2.05) is 6.92 Å². The van der Waals surface area contributed by atoms with Gasteiger partial charge in [-0.3, -0.25) is 4.79 Å². The van der Waals surface area contributed by atoms with E-state index in [-0.39, 0.29) is 12.5 Å². The van der Waals surface area contributed by atoms with Crippen LogP contribution in [0.4, 0.5) is 5.69 Å². The van der Waals surface area contributed by atoms with E-state index in [4.69, 9.17) is 4.74 Å². The van der Waals surface area contributed by atoms with Crippen LogP contribution in [0.3, 0.4) is 0 Å². The number of amides is 1. The fourth-order valence-corrected chi connectivity index (χ4v) is 1.75. The Morgan fingerprint density at radius 2 is 2.29 bits per heavy atom. The zero-order valence-electron chi connectivity index (χ0n) is 9.70. The van der Waals surface area contributed by atoms with E-state index in [0.717, 1.165) is 0 Å². The number of aliphatic hydroxyl groups excluding tert-OH is 1. The molecule has 2 N–H and O–H groups in total. The molecule has 5 heteroatoms. The van der Waals surface area contributed by atoms with E-state index in [1.54, 1.807) is 18.2 Å². The van der Waals surface area contributed by atoms with Gasteiger partial charge in [0.1, 0.15) is 5.75 Å². The lowest BCUT2D eigenvalue weighted by Crippen LogP contribution is -2.12. The van der Waals surface area contributed by atoms with Crippen LogP contribution in [0.15, 0.2) is 18.2 Å². The molecular formula is C12H16BrNO3. The van der Waals surface area contributed by atoms with E-state index in [9.17, 15) is 9.90 Å². The first-order valence-electron chi connectivity index (χ1n) is 5.43. The molecule has 0 fully saturated rings. The predicted molar refractivity (Wildman–Crippen MR) is 70.6 cm³/mol. The highest BCUT2D eigenvalue weighted by Gasteiger charge is 2.06. The summed E-state index contributed by atoms with van der Waals surface area (Å²) in [6.07, 6.45) is 0.418. The number of rotatable bonds is 6. The zero-order valence-corrected chi connectivity index (χ0v) is 11.3. The lowest BCUT2D eigenvalue weighted by Gasteiger charge is -2.11. The van der Waals surface area contributed by atoms with Crippen molar-refractivity contribution >= 4 is 27.5 Å². The molecule has 0 saturated heterocycles. The van der Waals surface area contributed by atoms with Crippen molar-refractivity contribution in [3.8, 4) is 5.75 Å². The largest absolute Gasteiger partial charge is 0.494 e. The van der Waals surface area contributed by atoms with E-state index in [0.29, 0.717) is 35.4 Å². The standard InChI is InChI=1S/C12H16BrNO3/c1-2-17-11-4-3-10(7-9(11)8-15)14-12(16)5-6-13/h3-4,7,15H,2,5-6,8H2,1H3,(H,14,16). The Morgan fingerprint density at radius 1 is 1.53 bits per heavy atom. The third-order valence-corrected chi connectivity index (χ3v) is 2.53. The summed E-state index contributed by atoms with van der Waals surface area (Å²) in [5, 5.41) is 12.6. The Bertz CT molecular complexity index is 382. The number of hydrogen-bond donors (Lipinski definition) is 2. The van der Waals surface area contributed by atoms with Crippen LogP contribution in [0, 0.1) is 0 Å². The van der Waals surface area contributed by atoms with Crippen molar-refractivity contribution in [1.29, 1.82) is 0 Å². The van der Waals surface area contributed by atoms with Crippen molar-refractivity contribution in [2.24, 2.45) is 0 Å². The molecular weight excluding hydrogens is 286 g/mol. The fraction of sp³-hybridized carbons (Fsp3) is 0.417. The average Bonchev–Trinajstić information content (AvgIpc) is 2.31. The second-order valence-electron chi connectivity index (χ2n) is 3.40. The number of ether oxygens (including phenoxy) is 1. The molecule has 0 aliphatic heterocycles. The first kappa shape index (κ1) is 14.0. The van der Waals surface area contributed by atoms with Gasteiger partial charge in [0.2, 0.25) is 5.91 Å². The minimum Gasteiger partial charge on any atom is -0.494 e. The van der Waals surface area contributed by atoms with Gasteiger partial charge < -0.3 is 15.2 Å². The van der Waals surface area contributed by atoms with Gasteiger partial charge in [0.25, 0.3) is 0 Å². The number of carbonyl (C=O) groups excluding carboxylic acids is 1. The first-order valence-corrected chi connectivity index (χ1v) is 6.55. The Hall–Kier alpha value is -1.07. The van der Waals surface area contributed by atoms with Crippen molar-refractivity contribution in [2.75, 3.05) is 17.3 Å². The molecule has 1 aromatic carbocycles. The molecule has 0 aromatic heterocycles. The van der Waals surface area contributed by atoms with Crippen molar-refractivity contribution in [3.05, 3.63) is 23.8 Å². The summed E-state index contributed by atoms with van der Waals surface area (Å²) in [5.41, 5.74) is 1.34. The van der Waals surface area contributed by atoms with Crippen molar-refractivity contribution in [2.45, 2.75) is 20.0 Å². The maximum Gasteiger partial charge on any atom is 0.225 e. The van der Waals surface area contributed by atoms with Gasteiger partial charge in [0.05, 0.1) is 13.2 Å². The third kappa shape index (κ3) is 4.36. The smallest absolute Gasteiger partial charge is 0.225 e. The summed E-state index contributed by atoms with van der Waals surface area (Å²) in [6.45, 7) is 2.31. The Morgan fingerprint density at radius 3 is 2.88 bits per heavy atom. The second kappa shape index (κ2) is 7.29. The van der Waals surface area contributed by atoms with E-state index < -0.39 is 0 Å². The van der Waals surface area contributed by atoms with Gasteiger partial charge >= 0.3 is 0 Å². The maximum atomic E-state index is 11.4. The van der Waals surface area contributed by atoms with Crippen LogP contribution in [0.5, 0.6) is 5.75 Å². The molecule has 17 heavy (non-hydrogen) atoms. The summed E-state index contributed by atoms with van der Waals surface area (Å²) in [5.74, 6) is 0.586. The SMILES string of the molecule is CCOc1ccc(NC(=O)CCBr)cc1CO. The van der Waals surface area contributed by atoms with Crippen LogP contribution in [0.1, 0.15) is 18.9 Å². The number of aliphatic hydroxyl groups is 1. The summed E-state index contributed by atoms with van der Waals surface area (Å²) in [6, 6.07) is 5.23. The minimum absolute atomic E-state index is 0.0603.